The molecule has 1 aliphatic heterocycles. The molecule has 0 N–H and O–H groups in total. The molecule has 1 aromatic carbocycles. The largest absolute Gasteiger partial charge is 0.494 e. The summed E-state index contributed by atoms with van der Waals surface area (Å²) in [5.74, 6) is 2.29. The maximum atomic E-state index is 12.8. The van der Waals surface area contributed by atoms with E-state index in [-0.39, 0.29) is 4.90 Å². The maximum absolute atomic E-state index is 12.8. The lowest BCUT2D eigenvalue weighted by Crippen LogP contribution is -2.46. The third-order valence-electron chi connectivity index (χ3n) is 5.82. The lowest BCUT2D eigenvalue weighted by Gasteiger charge is -2.36. The van der Waals surface area contributed by atoms with Crippen LogP contribution in [0.3, 0.4) is 0 Å². The van der Waals surface area contributed by atoms with Crippen LogP contribution >= 0.6 is 11.6 Å². The van der Waals surface area contributed by atoms with Gasteiger partial charge in [0.05, 0.1) is 6.61 Å². The number of rotatable bonds is 9. The Labute approximate surface area is 217 Å². The summed E-state index contributed by atoms with van der Waals surface area (Å²) >= 11 is 5.90. The zero-order chi connectivity index (χ0) is 25.7. The first-order valence-electron chi connectivity index (χ1n) is 11.7. The zero-order valence-electron chi connectivity index (χ0n) is 20.6. The van der Waals surface area contributed by atoms with Crippen molar-refractivity contribution in [2.45, 2.75) is 18.4 Å². The van der Waals surface area contributed by atoms with E-state index in [4.69, 9.17) is 21.1 Å². The van der Waals surface area contributed by atoms with E-state index in [1.54, 1.807) is 30.5 Å². The van der Waals surface area contributed by atoms with E-state index < -0.39 is 10.0 Å². The van der Waals surface area contributed by atoms with Gasteiger partial charge >= 0.3 is 0 Å². The molecule has 36 heavy (non-hydrogen) atoms. The highest BCUT2D eigenvalue weighted by atomic mass is 35.5. The van der Waals surface area contributed by atoms with Crippen LogP contribution in [0.1, 0.15) is 12.5 Å². The highest BCUT2D eigenvalue weighted by Crippen LogP contribution is 2.34. The number of hydrogen-bond donors (Lipinski definition) is 0. The Hall–Kier alpha value is -2.92. The second-order valence-corrected chi connectivity index (χ2v) is 11.1. The average Bonchev–Trinajstić information content (AvgIpc) is 2.87. The molecule has 9 nitrogen and oxygen atoms in total. The Morgan fingerprint density at radius 2 is 1.67 bits per heavy atom. The minimum atomic E-state index is -3.67. The van der Waals surface area contributed by atoms with Gasteiger partial charge in [-0.05, 0) is 42.8 Å². The maximum Gasteiger partial charge on any atom is 0.244 e. The van der Waals surface area contributed by atoms with Gasteiger partial charge in [-0.25, -0.2) is 22.7 Å². The number of anilines is 1. The molecule has 0 radical (unpaired) electrons. The van der Waals surface area contributed by atoms with Crippen LogP contribution in [0.4, 0.5) is 5.82 Å². The molecule has 11 heteroatoms. The molecule has 3 aromatic rings. The molecular weight excluding hydrogens is 502 g/mol. The predicted molar refractivity (Wildman–Crippen MR) is 140 cm³/mol. The minimum Gasteiger partial charge on any atom is -0.494 e. The Kier molecular flexibility index (Phi) is 8.30. The molecule has 0 spiro atoms. The Balaban J connectivity index is 1.54. The fourth-order valence-corrected chi connectivity index (χ4v) is 4.83. The summed E-state index contributed by atoms with van der Waals surface area (Å²) in [6, 6.07) is 12.5. The Morgan fingerprint density at radius 1 is 0.972 bits per heavy atom. The number of aromatic nitrogens is 2. The molecule has 0 atom stereocenters. The van der Waals surface area contributed by atoms with Gasteiger partial charge in [-0.2, -0.15) is 0 Å². The topological polar surface area (TPSA) is 88.1 Å². The molecule has 0 bridgehead atoms. The molecular formula is C25H30ClN5O4S. The Morgan fingerprint density at radius 3 is 2.28 bits per heavy atom. The number of halogens is 1. The molecule has 3 heterocycles. The van der Waals surface area contributed by atoms with Crippen LogP contribution in [0, 0.1) is 0 Å². The van der Waals surface area contributed by atoms with Crippen molar-refractivity contribution in [1.29, 1.82) is 0 Å². The van der Waals surface area contributed by atoms with Crippen molar-refractivity contribution in [3.8, 4) is 17.2 Å². The van der Waals surface area contributed by atoms with Gasteiger partial charge in [-0.15, -0.1) is 0 Å². The Bertz CT molecular complexity index is 1260. The van der Waals surface area contributed by atoms with Gasteiger partial charge < -0.3 is 14.4 Å². The summed E-state index contributed by atoms with van der Waals surface area (Å²) in [6.07, 6.45) is 3.18. The highest BCUT2D eigenvalue weighted by Gasteiger charge is 2.25. The monoisotopic (exact) mass is 531 g/mol. The van der Waals surface area contributed by atoms with Crippen LogP contribution in [0.15, 0.2) is 59.8 Å². The third-order valence-corrected chi connectivity index (χ3v) is 7.82. The SMILES string of the molecule is CCOc1ccc(Oc2cc(S(=O)(=O)N(C)C)cnc2N2CCN(Cc3ccc(Cl)nc3)CC2)cc1. The van der Waals surface area contributed by atoms with Crippen molar-refractivity contribution >= 4 is 27.4 Å². The molecule has 0 saturated carbocycles. The van der Waals surface area contributed by atoms with Crippen molar-refractivity contribution in [1.82, 2.24) is 19.2 Å². The standard InChI is InChI=1S/C25H30ClN5O4S/c1-4-34-20-6-8-21(9-7-20)35-23-15-22(36(32,33)29(2)3)17-28-25(23)31-13-11-30(12-14-31)18-19-5-10-24(26)27-16-19/h5-10,15-17H,4,11-14,18H2,1-3H3. The third kappa shape index (κ3) is 6.25. The average molecular weight is 532 g/mol. The molecule has 0 amide bonds. The summed E-state index contributed by atoms with van der Waals surface area (Å²) < 4.78 is 38.3. The normalized spacial score (nSPS) is 14.8. The fraction of sp³-hybridized carbons (Fsp3) is 0.360. The first kappa shape index (κ1) is 26.2. The molecule has 2 aromatic heterocycles. The number of ether oxygens (including phenoxy) is 2. The second-order valence-electron chi connectivity index (χ2n) is 8.54. The van der Waals surface area contributed by atoms with Gasteiger partial charge in [0.2, 0.25) is 10.0 Å². The number of sulfonamides is 1. The summed E-state index contributed by atoms with van der Waals surface area (Å²) in [6.45, 7) is 6.32. The number of nitrogens with zero attached hydrogens (tertiary/aromatic N) is 5. The van der Waals surface area contributed by atoms with Crippen molar-refractivity contribution in [2.75, 3.05) is 51.8 Å². The van der Waals surface area contributed by atoms with Crippen molar-refractivity contribution in [3.05, 3.63) is 65.6 Å². The van der Waals surface area contributed by atoms with Crippen LogP contribution < -0.4 is 14.4 Å². The first-order valence-corrected chi connectivity index (χ1v) is 13.5. The van der Waals surface area contributed by atoms with Crippen LogP contribution in [0.25, 0.3) is 0 Å². The van der Waals surface area contributed by atoms with Gasteiger partial charge in [0, 0.05) is 65.3 Å². The lowest BCUT2D eigenvalue weighted by atomic mass is 10.2. The van der Waals surface area contributed by atoms with Gasteiger partial charge in [0.1, 0.15) is 21.5 Å². The molecule has 192 valence electrons. The van der Waals surface area contributed by atoms with Crippen LogP contribution in [0.2, 0.25) is 5.15 Å². The number of benzene rings is 1. The van der Waals surface area contributed by atoms with Gasteiger partial charge in [-0.1, -0.05) is 17.7 Å². The molecule has 0 unspecified atom stereocenters. The smallest absolute Gasteiger partial charge is 0.244 e. The zero-order valence-corrected chi connectivity index (χ0v) is 22.2. The van der Waals surface area contributed by atoms with Crippen molar-refractivity contribution in [3.63, 3.8) is 0 Å². The van der Waals surface area contributed by atoms with E-state index in [9.17, 15) is 8.42 Å². The lowest BCUT2D eigenvalue weighted by molar-refractivity contribution is 0.248. The quantitative estimate of drug-likeness (QED) is 0.384. The van der Waals surface area contributed by atoms with E-state index in [0.717, 1.165) is 35.3 Å². The molecule has 1 aliphatic rings. The summed E-state index contributed by atoms with van der Waals surface area (Å²) in [4.78, 5) is 13.2. The van der Waals surface area contributed by atoms with E-state index >= 15 is 0 Å². The van der Waals surface area contributed by atoms with E-state index in [0.29, 0.717) is 42.2 Å². The molecule has 1 saturated heterocycles. The van der Waals surface area contributed by atoms with Crippen LogP contribution in [-0.2, 0) is 16.6 Å². The van der Waals surface area contributed by atoms with Gasteiger partial charge in [0.25, 0.3) is 0 Å². The van der Waals surface area contributed by atoms with E-state index in [2.05, 4.69) is 19.8 Å². The van der Waals surface area contributed by atoms with Crippen LogP contribution in [-0.4, -0.2) is 74.5 Å². The van der Waals surface area contributed by atoms with Gasteiger partial charge in [-0.3, -0.25) is 4.90 Å². The molecule has 0 aliphatic carbocycles. The van der Waals surface area contributed by atoms with Crippen LogP contribution in [0.5, 0.6) is 17.2 Å². The highest BCUT2D eigenvalue weighted by molar-refractivity contribution is 7.89. The van der Waals surface area contributed by atoms with Crippen molar-refractivity contribution in [2.24, 2.45) is 0 Å². The summed E-state index contributed by atoms with van der Waals surface area (Å²) in [5.41, 5.74) is 1.10. The number of piperazine rings is 1. The number of pyridine rings is 2. The molecule has 4 rings (SSSR count). The van der Waals surface area contributed by atoms with Gasteiger partial charge in [0.15, 0.2) is 11.6 Å². The first-order chi connectivity index (χ1) is 17.3. The summed E-state index contributed by atoms with van der Waals surface area (Å²) in [5, 5.41) is 0.481. The van der Waals surface area contributed by atoms with Crippen molar-refractivity contribution < 1.29 is 17.9 Å². The predicted octanol–water partition coefficient (Wildman–Crippen LogP) is 3.89. The second kappa shape index (κ2) is 11.4. The fourth-order valence-electron chi connectivity index (χ4n) is 3.86. The summed E-state index contributed by atoms with van der Waals surface area (Å²) in [7, 11) is -0.687. The van der Waals surface area contributed by atoms with E-state index in [1.165, 1.54) is 20.3 Å². The minimum absolute atomic E-state index is 0.0751. The van der Waals surface area contributed by atoms with E-state index in [1.807, 2.05) is 25.1 Å². The number of hydrogen-bond acceptors (Lipinski definition) is 8. The molecule has 1 fully saturated rings.